The molecule has 144 valence electrons. The first kappa shape index (κ1) is 19.7. The third-order valence-electron chi connectivity index (χ3n) is 4.15. The summed E-state index contributed by atoms with van der Waals surface area (Å²) in [6.45, 7) is 7.12. The van der Waals surface area contributed by atoms with Crippen molar-refractivity contribution in [3.63, 3.8) is 0 Å². The first-order chi connectivity index (χ1) is 13.2. The molecule has 5 nitrogen and oxygen atoms in total. The Hall–Kier alpha value is -3.06. The van der Waals surface area contributed by atoms with E-state index in [1.165, 1.54) is 42.0 Å². The molecular weight excluding hydrogens is 377 g/mol. The Balaban J connectivity index is 1.86. The predicted octanol–water partition coefficient (Wildman–Crippen LogP) is 5.09. The highest BCUT2D eigenvalue weighted by Crippen LogP contribution is 2.31. The van der Waals surface area contributed by atoms with Crippen molar-refractivity contribution in [2.45, 2.75) is 27.7 Å². The number of anilines is 2. The van der Waals surface area contributed by atoms with Gasteiger partial charge in [-0.05, 0) is 44.5 Å². The van der Waals surface area contributed by atoms with Gasteiger partial charge in [-0.15, -0.1) is 11.3 Å². The van der Waals surface area contributed by atoms with Crippen LogP contribution in [0.15, 0.2) is 36.4 Å². The third-order valence-corrected chi connectivity index (χ3v) is 5.34. The van der Waals surface area contributed by atoms with Crippen molar-refractivity contribution in [3.05, 3.63) is 63.9 Å². The molecule has 2 aromatic carbocycles. The lowest BCUT2D eigenvalue weighted by Crippen LogP contribution is -2.13. The van der Waals surface area contributed by atoms with Crippen LogP contribution in [0, 0.1) is 26.6 Å². The molecule has 0 bridgehead atoms. The summed E-state index contributed by atoms with van der Waals surface area (Å²) >= 11 is 1.31. The topological polar surface area (TPSA) is 71.1 Å². The quantitative estimate of drug-likeness (QED) is 0.644. The highest BCUT2D eigenvalue weighted by Gasteiger charge is 2.18. The van der Waals surface area contributed by atoms with E-state index in [1.807, 2.05) is 26.0 Å². The van der Waals surface area contributed by atoms with Gasteiger partial charge >= 0.3 is 0 Å². The van der Waals surface area contributed by atoms with E-state index in [2.05, 4.69) is 21.7 Å². The Labute approximate surface area is 166 Å². The fourth-order valence-corrected chi connectivity index (χ4v) is 3.90. The van der Waals surface area contributed by atoms with Gasteiger partial charge < -0.3 is 10.6 Å². The number of aromatic nitrogens is 1. The van der Waals surface area contributed by atoms with Gasteiger partial charge in [0.25, 0.3) is 5.91 Å². The van der Waals surface area contributed by atoms with Crippen LogP contribution in [0.3, 0.4) is 0 Å². The number of benzene rings is 2. The van der Waals surface area contributed by atoms with Gasteiger partial charge in [0, 0.05) is 18.2 Å². The largest absolute Gasteiger partial charge is 0.324 e. The lowest BCUT2D eigenvalue weighted by Gasteiger charge is -2.08. The van der Waals surface area contributed by atoms with E-state index in [-0.39, 0.29) is 11.6 Å². The molecule has 28 heavy (non-hydrogen) atoms. The summed E-state index contributed by atoms with van der Waals surface area (Å²) in [7, 11) is 0. The Morgan fingerprint density at radius 2 is 1.79 bits per heavy atom. The summed E-state index contributed by atoms with van der Waals surface area (Å²) in [4.78, 5) is 28.9. The summed E-state index contributed by atoms with van der Waals surface area (Å²) in [6.07, 6.45) is 0. The molecule has 3 aromatic rings. The number of hydrogen-bond acceptors (Lipinski definition) is 4. The van der Waals surface area contributed by atoms with Crippen molar-refractivity contribution >= 4 is 34.5 Å². The van der Waals surface area contributed by atoms with Crippen LogP contribution in [0.5, 0.6) is 0 Å². The van der Waals surface area contributed by atoms with Crippen LogP contribution in [0.1, 0.15) is 33.4 Å². The van der Waals surface area contributed by atoms with E-state index >= 15 is 0 Å². The molecule has 2 amide bonds. The van der Waals surface area contributed by atoms with E-state index in [9.17, 15) is 14.0 Å². The number of nitrogens with one attached hydrogen (secondary N) is 2. The van der Waals surface area contributed by atoms with Gasteiger partial charge in [0.05, 0.1) is 11.4 Å². The van der Waals surface area contributed by atoms with Crippen molar-refractivity contribution in [2.75, 3.05) is 10.6 Å². The average molecular weight is 397 g/mol. The maximum atomic E-state index is 13.8. The number of aryl methyl sites for hydroxylation is 3. The van der Waals surface area contributed by atoms with Gasteiger partial charge in [0.1, 0.15) is 15.7 Å². The van der Waals surface area contributed by atoms with Gasteiger partial charge in [-0.3, -0.25) is 9.59 Å². The Morgan fingerprint density at radius 1 is 1.04 bits per heavy atom. The lowest BCUT2D eigenvalue weighted by molar-refractivity contribution is -0.114. The van der Waals surface area contributed by atoms with Crippen molar-refractivity contribution in [3.8, 4) is 10.6 Å². The summed E-state index contributed by atoms with van der Waals surface area (Å²) < 4.78 is 13.8. The van der Waals surface area contributed by atoms with Crippen LogP contribution in [0.4, 0.5) is 15.8 Å². The van der Waals surface area contributed by atoms with E-state index < -0.39 is 11.7 Å². The molecule has 0 saturated heterocycles. The average Bonchev–Trinajstić information content (AvgIpc) is 2.99. The zero-order valence-corrected chi connectivity index (χ0v) is 16.8. The molecule has 0 aliphatic rings. The molecule has 7 heteroatoms. The number of halogens is 1. The standard InChI is InChI=1S/C21H20FN3O2S/c1-11-5-7-16(12(2)9-11)21-23-13(3)19(28-21)20(27)25-15-6-8-17(22)18(10-15)24-14(4)26/h5-10H,1-4H3,(H,24,26)(H,25,27). The number of carbonyl (C=O) groups is 2. The first-order valence-corrected chi connectivity index (χ1v) is 9.50. The van der Waals surface area contributed by atoms with Gasteiger partial charge in [0.15, 0.2) is 0 Å². The van der Waals surface area contributed by atoms with Crippen molar-refractivity contribution in [1.29, 1.82) is 0 Å². The molecule has 1 heterocycles. The number of thiazole rings is 1. The number of amides is 2. The SMILES string of the molecule is CC(=O)Nc1cc(NC(=O)c2sc(-c3ccc(C)cc3C)nc2C)ccc1F. The summed E-state index contributed by atoms with van der Waals surface area (Å²) in [6, 6.07) is 10.1. The van der Waals surface area contributed by atoms with Gasteiger partial charge in [-0.25, -0.2) is 9.37 Å². The summed E-state index contributed by atoms with van der Waals surface area (Å²) in [5.74, 6) is -1.29. The van der Waals surface area contributed by atoms with Crippen LogP contribution in [-0.4, -0.2) is 16.8 Å². The Morgan fingerprint density at radius 3 is 2.46 bits per heavy atom. The van der Waals surface area contributed by atoms with Crippen LogP contribution in [0.25, 0.3) is 10.6 Å². The number of nitrogens with zero attached hydrogens (tertiary/aromatic N) is 1. The first-order valence-electron chi connectivity index (χ1n) is 8.68. The van der Waals surface area contributed by atoms with Crippen molar-refractivity contribution in [2.24, 2.45) is 0 Å². The normalized spacial score (nSPS) is 10.6. The van der Waals surface area contributed by atoms with Crippen molar-refractivity contribution < 1.29 is 14.0 Å². The zero-order valence-electron chi connectivity index (χ0n) is 16.0. The second kappa shape index (κ2) is 7.90. The van der Waals surface area contributed by atoms with E-state index in [0.29, 0.717) is 16.3 Å². The molecule has 0 radical (unpaired) electrons. The fourth-order valence-electron chi connectivity index (χ4n) is 2.85. The summed E-state index contributed by atoms with van der Waals surface area (Å²) in [5.41, 5.74) is 4.28. The van der Waals surface area contributed by atoms with Crippen molar-refractivity contribution in [1.82, 2.24) is 4.98 Å². The van der Waals surface area contributed by atoms with Gasteiger partial charge in [0.2, 0.25) is 5.91 Å². The zero-order chi connectivity index (χ0) is 20.4. The van der Waals surface area contributed by atoms with Gasteiger partial charge in [-0.2, -0.15) is 0 Å². The van der Waals surface area contributed by atoms with Crippen LogP contribution < -0.4 is 10.6 Å². The van der Waals surface area contributed by atoms with Crippen LogP contribution in [-0.2, 0) is 4.79 Å². The Kier molecular flexibility index (Phi) is 5.56. The third kappa shape index (κ3) is 4.26. The van der Waals surface area contributed by atoms with Gasteiger partial charge in [-0.1, -0.05) is 23.8 Å². The molecule has 3 rings (SSSR count). The fraction of sp³-hybridized carbons (Fsp3) is 0.190. The predicted molar refractivity (Wildman–Crippen MR) is 110 cm³/mol. The lowest BCUT2D eigenvalue weighted by atomic mass is 10.1. The van der Waals surface area contributed by atoms with Crippen LogP contribution >= 0.6 is 11.3 Å². The molecule has 0 aliphatic carbocycles. The maximum Gasteiger partial charge on any atom is 0.267 e. The van der Waals surface area contributed by atoms with Crippen LogP contribution in [0.2, 0.25) is 0 Å². The minimum Gasteiger partial charge on any atom is -0.324 e. The molecule has 0 unspecified atom stereocenters. The molecule has 0 aliphatic heterocycles. The van der Waals surface area contributed by atoms with E-state index in [1.54, 1.807) is 6.92 Å². The molecular formula is C21H20FN3O2S. The highest BCUT2D eigenvalue weighted by atomic mass is 32.1. The summed E-state index contributed by atoms with van der Waals surface area (Å²) in [5, 5.41) is 5.92. The molecule has 0 fully saturated rings. The van der Waals surface area contributed by atoms with E-state index in [0.717, 1.165) is 16.1 Å². The molecule has 0 spiro atoms. The Bertz CT molecular complexity index is 1080. The molecule has 0 atom stereocenters. The molecule has 2 N–H and O–H groups in total. The smallest absolute Gasteiger partial charge is 0.267 e. The maximum absolute atomic E-state index is 13.8. The van der Waals surface area contributed by atoms with E-state index in [4.69, 9.17) is 0 Å². The molecule has 1 aromatic heterocycles. The number of hydrogen-bond donors (Lipinski definition) is 2. The monoisotopic (exact) mass is 397 g/mol. The second-order valence-electron chi connectivity index (χ2n) is 6.58. The molecule has 0 saturated carbocycles. The minimum absolute atomic E-state index is 0.0160. The second-order valence-corrected chi connectivity index (χ2v) is 7.58. The highest BCUT2D eigenvalue weighted by molar-refractivity contribution is 7.17. The number of rotatable bonds is 4. The number of carbonyl (C=O) groups excluding carboxylic acids is 2. The minimum atomic E-state index is -0.570.